The number of benzene rings is 2. The molecule has 0 radical (unpaired) electrons. The molecule has 0 saturated carbocycles. The summed E-state index contributed by atoms with van der Waals surface area (Å²) in [5.41, 5.74) is 2.92. The van der Waals surface area contributed by atoms with Crippen molar-refractivity contribution in [1.82, 2.24) is 0 Å². The van der Waals surface area contributed by atoms with E-state index in [4.69, 9.17) is 17.5 Å². The van der Waals surface area contributed by atoms with E-state index in [0.29, 0.717) is 0 Å². The summed E-state index contributed by atoms with van der Waals surface area (Å²) in [6.07, 6.45) is 28.5. The third-order valence-corrected chi connectivity index (χ3v) is 9.14. The van der Waals surface area contributed by atoms with E-state index < -0.39 is 10.4 Å². The zero-order valence-electron chi connectivity index (χ0n) is 32.7. The quantitative estimate of drug-likeness (QED) is 0.0422. The van der Waals surface area contributed by atoms with E-state index in [1.165, 1.54) is 153 Å². The van der Waals surface area contributed by atoms with Gasteiger partial charge in [-0.2, -0.15) is 0 Å². The lowest BCUT2D eigenvalue weighted by molar-refractivity contribution is -0.903. The van der Waals surface area contributed by atoms with E-state index in [1.54, 1.807) is 0 Å². The molecular formula is C42H76N2O4S. The highest BCUT2D eigenvalue weighted by Crippen LogP contribution is 2.15. The van der Waals surface area contributed by atoms with Crippen molar-refractivity contribution in [3.63, 3.8) is 0 Å². The predicted molar refractivity (Wildman–Crippen MR) is 208 cm³/mol. The van der Waals surface area contributed by atoms with Gasteiger partial charge in [-0.15, -0.1) is 0 Å². The Labute approximate surface area is 304 Å². The molecule has 2 rings (SSSR count). The summed E-state index contributed by atoms with van der Waals surface area (Å²) in [5, 5.41) is 0. The molecule has 0 aliphatic carbocycles. The van der Waals surface area contributed by atoms with Crippen LogP contribution in [0, 0.1) is 0 Å². The molecule has 0 aromatic heterocycles. The number of quaternary nitrogens is 2. The first-order valence-corrected chi connectivity index (χ1v) is 21.0. The molecule has 49 heavy (non-hydrogen) atoms. The van der Waals surface area contributed by atoms with E-state index in [9.17, 15) is 0 Å². The highest BCUT2D eigenvalue weighted by atomic mass is 32.3. The van der Waals surface area contributed by atoms with Crippen LogP contribution in [0.5, 0.6) is 0 Å². The second-order valence-corrected chi connectivity index (χ2v) is 16.2. The molecule has 0 saturated heterocycles. The van der Waals surface area contributed by atoms with E-state index in [0.717, 1.165) is 22.1 Å². The maximum absolute atomic E-state index is 8.52. The molecule has 0 N–H and O–H groups in total. The van der Waals surface area contributed by atoms with Crippen molar-refractivity contribution in [2.75, 3.05) is 41.3 Å². The predicted octanol–water partition coefficient (Wildman–Crippen LogP) is 11.0. The van der Waals surface area contributed by atoms with Crippen LogP contribution in [0.4, 0.5) is 0 Å². The van der Waals surface area contributed by atoms with Gasteiger partial charge < -0.3 is 18.1 Å². The van der Waals surface area contributed by atoms with Gasteiger partial charge in [-0.1, -0.05) is 177 Å². The fourth-order valence-electron chi connectivity index (χ4n) is 6.37. The minimum atomic E-state index is -5.17. The summed E-state index contributed by atoms with van der Waals surface area (Å²) in [5.74, 6) is 0. The van der Waals surface area contributed by atoms with Crippen molar-refractivity contribution in [3.05, 3.63) is 71.8 Å². The lowest BCUT2D eigenvalue weighted by atomic mass is 10.1. The summed E-state index contributed by atoms with van der Waals surface area (Å²) in [6, 6.07) is 21.8. The molecule has 0 aliphatic heterocycles. The van der Waals surface area contributed by atoms with Crippen molar-refractivity contribution >= 4 is 10.4 Å². The van der Waals surface area contributed by atoms with Crippen LogP contribution in [0.2, 0.25) is 0 Å². The topological polar surface area (TPSA) is 80.3 Å². The molecule has 0 spiro atoms. The number of hydrogen-bond acceptors (Lipinski definition) is 4. The number of unbranched alkanes of at least 4 members (excludes halogenated alkanes) is 18. The lowest BCUT2D eigenvalue weighted by Crippen LogP contribution is -2.39. The van der Waals surface area contributed by atoms with Crippen LogP contribution in [0.3, 0.4) is 0 Å². The van der Waals surface area contributed by atoms with Gasteiger partial charge in [0, 0.05) is 21.5 Å². The minimum Gasteiger partial charge on any atom is -0.759 e. The Balaban J connectivity index is 0.000000826. The minimum absolute atomic E-state index is 1.11. The fourth-order valence-corrected chi connectivity index (χ4v) is 6.37. The van der Waals surface area contributed by atoms with Crippen LogP contribution in [-0.4, -0.2) is 67.8 Å². The highest BCUT2D eigenvalue weighted by molar-refractivity contribution is 7.79. The second-order valence-electron chi connectivity index (χ2n) is 15.4. The maximum atomic E-state index is 8.52. The third-order valence-electron chi connectivity index (χ3n) is 9.14. The number of nitrogens with zero attached hydrogens (tertiary/aromatic N) is 2. The Bertz CT molecular complexity index is 1010. The molecule has 0 heterocycles. The summed E-state index contributed by atoms with van der Waals surface area (Å²) >= 11 is 0. The lowest BCUT2D eigenvalue weighted by Gasteiger charge is -2.30. The van der Waals surface area contributed by atoms with Crippen LogP contribution in [0.25, 0.3) is 0 Å². The van der Waals surface area contributed by atoms with Crippen LogP contribution in [0.1, 0.15) is 153 Å². The number of rotatable bonds is 26. The van der Waals surface area contributed by atoms with Gasteiger partial charge in [0.2, 0.25) is 0 Å². The molecule has 0 atom stereocenters. The zero-order chi connectivity index (χ0) is 36.7. The van der Waals surface area contributed by atoms with Gasteiger partial charge in [-0.25, -0.2) is 0 Å². The zero-order valence-corrected chi connectivity index (χ0v) is 33.5. The van der Waals surface area contributed by atoms with Crippen LogP contribution < -0.4 is 0 Å². The Morgan fingerprint density at radius 2 is 0.653 bits per heavy atom. The average Bonchev–Trinajstić information content (AvgIpc) is 3.03. The largest absolute Gasteiger partial charge is 0.759 e. The first-order chi connectivity index (χ1) is 23.3. The van der Waals surface area contributed by atoms with E-state index in [-0.39, 0.29) is 0 Å². The summed E-state index contributed by atoms with van der Waals surface area (Å²) in [7, 11) is 4.28. The van der Waals surface area contributed by atoms with Crippen LogP contribution in [0.15, 0.2) is 60.7 Å². The smallest absolute Gasteiger partial charge is 0.104 e. The van der Waals surface area contributed by atoms with Gasteiger partial charge in [0.05, 0.1) is 41.3 Å². The Kier molecular flexibility index (Phi) is 28.8. The van der Waals surface area contributed by atoms with Gasteiger partial charge in [-0.05, 0) is 25.7 Å². The molecule has 2 aromatic rings. The molecule has 284 valence electrons. The van der Waals surface area contributed by atoms with Crippen LogP contribution >= 0.6 is 0 Å². The Morgan fingerprint density at radius 3 is 0.898 bits per heavy atom. The monoisotopic (exact) mass is 705 g/mol. The molecule has 7 heteroatoms. The molecule has 2 aromatic carbocycles. The van der Waals surface area contributed by atoms with Gasteiger partial charge in [0.25, 0.3) is 0 Å². The first-order valence-electron chi connectivity index (χ1n) is 19.7. The van der Waals surface area contributed by atoms with Gasteiger partial charge in [0.1, 0.15) is 13.1 Å². The van der Waals surface area contributed by atoms with Crippen molar-refractivity contribution in [2.45, 2.75) is 155 Å². The Morgan fingerprint density at radius 1 is 0.429 bits per heavy atom. The SMILES string of the molecule is CCCCCCCCCCCC[N+](C)(C)Cc1ccccc1.CCCCCCCCCCCC[N+](C)(C)Cc1ccccc1.O=S(=O)([O-])[O-]. The molecule has 6 nitrogen and oxygen atoms in total. The normalized spacial score (nSPS) is 11.8. The van der Waals surface area contributed by atoms with Crippen molar-refractivity contribution in [1.29, 1.82) is 0 Å². The standard InChI is InChI=1S/2C21H38N.H2O4S/c2*1-4-5-6-7-8-9-10-11-12-16-19-22(2,3)20-21-17-14-13-15-18-21;1-5(2,3)4/h2*13-15,17-18H,4-12,16,19-20H2,1-3H3;(H2,1,2,3,4)/q2*+1;/p-2. The molecule has 0 bridgehead atoms. The van der Waals surface area contributed by atoms with Crippen LogP contribution in [-0.2, 0) is 23.5 Å². The molecule has 0 aliphatic rings. The van der Waals surface area contributed by atoms with Gasteiger partial charge in [0.15, 0.2) is 0 Å². The number of hydrogen-bond donors (Lipinski definition) is 0. The molecule has 0 fully saturated rings. The van der Waals surface area contributed by atoms with E-state index >= 15 is 0 Å². The van der Waals surface area contributed by atoms with Gasteiger partial charge >= 0.3 is 0 Å². The Hall–Kier alpha value is -1.77. The van der Waals surface area contributed by atoms with Crippen molar-refractivity contribution in [3.8, 4) is 0 Å². The summed E-state index contributed by atoms with van der Waals surface area (Å²) < 4.78 is 36.3. The first kappa shape index (κ1) is 47.2. The molecule has 0 unspecified atom stereocenters. The summed E-state index contributed by atoms with van der Waals surface area (Å²) in [4.78, 5) is 0. The van der Waals surface area contributed by atoms with Crippen molar-refractivity contribution < 1.29 is 26.5 Å². The van der Waals surface area contributed by atoms with Gasteiger partial charge in [-0.3, -0.25) is 8.42 Å². The third kappa shape index (κ3) is 35.8. The average molecular weight is 705 g/mol. The summed E-state index contributed by atoms with van der Waals surface area (Å²) in [6.45, 7) is 9.48. The molecule has 0 amide bonds. The van der Waals surface area contributed by atoms with Crippen molar-refractivity contribution in [2.24, 2.45) is 0 Å². The second kappa shape index (κ2) is 29.9. The van der Waals surface area contributed by atoms with E-state index in [1.807, 2.05) is 0 Å². The fraction of sp³-hybridized carbons (Fsp3) is 0.714. The highest BCUT2D eigenvalue weighted by Gasteiger charge is 2.16. The van der Waals surface area contributed by atoms with E-state index in [2.05, 4.69) is 103 Å². The molecular weight excluding hydrogens is 629 g/mol. The maximum Gasteiger partial charge on any atom is 0.104 e.